The maximum atomic E-state index is 12.0. The van der Waals surface area contributed by atoms with Gasteiger partial charge in [0, 0.05) is 6.54 Å². The molecule has 20 heavy (non-hydrogen) atoms. The summed E-state index contributed by atoms with van der Waals surface area (Å²) in [6.07, 6.45) is 0.953. The molecule has 2 rings (SSSR count). The number of aromatic amines is 1. The first-order chi connectivity index (χ1) is 9.63. The highest BCUT2D eigenvalue weighted by Crippen LogP contribution is 2.17. The lowest BCUT2D eigenvalue weighted by molar-refractivity contribution is 0.0912. The molecule has 0 fully saturated rings. The second-order valence-corrected chi connectivity index (χ2v) is 5.28. The zero-order chi connectivity index (χ0) is 14.5. The van der Waals surface area contributed by atoms with Crippen LogP contribution in [-0.2, 0) is 6.42 Å². The molecule has 2 aromatic rings. The number of hydrogen-bond donors (Lipinski definition) is 4. The Morgan fingerprint density at radius 2 is 2.45 bits per heavy atom. The van der Waals surface area contributed by atoms with Gasteiger partial charge in [0.2, 0.25) is 0 Å². The molecule has 1 unspecified atom stereocenters. The van der Waals surface area contributed by atoms with Crippen LogP contribution in [0.4, 0.5) is 5.69 Å². The molecule has 0 spiro atoms. The number of H-pyrrole nitrogens is 1. The van der Waals surface area contributed by atoms with Gasteiger partial charge in [-0.25, -0.2) is 0 Å². The van der Waals surface area contributed by atoms with Gasteiger partial charge in [-0.15, -0.1) is 0 Å². The van der Waals surface area contributed by atoms with Crippen LogP contribution in [0.5, 0.6) is 0 Å². The summed E-state index contributed by atoms with van der Waals surface area (Å²) < 4.78 is 0. The number of aliphatic hydroxyl groups is 1. The minimum Gasteiger partial charge on any atom is -0.395 e. The molecule has 2 heterocycles. The van der Waals surface area contributed by atoms with E-state index in [-0.39, 0.29) is 18.1 Å². The maximum absolute atomic E-state index is 12.0. The monoisotopic (exact) mass is 294 g/mol. The van der Waals surface area contributed by atoms with Crippen LogP contribution in [0.3, 0.4) is 0 Å². The van der Waals surface area contributed by atoms with E-state index in [1.165, 1.54) is 11.3 Å². The van der Waals surface area contributed by atoms with Crippen LogP contribution in [0.15, 0.2) is 16.8 Å². The number of amides is 1. The van der Waals surface area contributed by atoms with Crippen molar-refractivity contribution in [2.75, 3.05) is 12.3 Å². The van der Waals surface area contributed by atoms with Gasteiger partial charge in [0.25, 0.3) is 5.91 Å². The van der Waals surface area contributed by atoms with Crippen molar-refractivity contribution in [2.45, 2.75) is 25.9 Å². The van der Waals surface area contributed by atoms with Gasteiger partial charge < -0.3 is 16.2 Å². The quantitative estimate of drug-likeness (QED) is 0.647. The average molecular weight is 294 g/mol. The third kappa shape index (κ3) is 3.17. The molecule has 1 amide bonds. The van der Waals surface area contributed by atoms with Gasteiger partial charge in [-0.2, -0.15) is 16.4 Å². The first-order valence-corrected chi connectivity index (χ1v) is 7.38. The fourth-order valence-corrected chi connectivity index (χ4v) is 2.56. The van der Waals surface area contributed by atoms with E-state index in [1.54, 1.807) is 0 Å². The first-order valence-electron chi connectivity index (χ1n) is 6.44. The van der Waals surface area contributed by atoms with Crippen molar-refractivity contribution in [3.05, 3.63) is 33.8 Å². The van der Waals surface area contributed by atoms with Gasteiger partial charge in [0.05, 0.1) is 17.5 Å². The standard InChI is InChI=1S/C13H18N4O2S/c1-2-3-9-11(14)12(17-16-9)13(19)15-6-10(18)8-4-5-20-7-8/h4-5,7,10,18H,2-3,6,14H2,1H3,(H,15,19)(H,16,17). The molecule has 5 N–H and O–H groups in total. The van der Waals surface area contributed by atoms with Gasteiger partial charge >= 0.3 is 0 Å². The number of anilines is 1. The SMILES string of the molecule is CCCc1[nH]nc(C(=O)NCC(O)c2ccsc2)c1N. The minimum atomic E-state index is -0.722. The Hall–Kier alpha value is -1.86. The van der Waals surface area contributed by atoms with Crippen LogP contribution in [0.2, 0.25) is 0 Å². The predicted molar refractivity (Wildman–Crippen MR) is 78.6 cm³/mol. The van der Waals surface area contributed by atoms with Crippen molar-refractivity contribution in [1.29, 1.82) is 0 Å². The molecule has 6 nitrogen and oxygen atoms in total. The first kappa shape index (κ1) is 14.5. The Bertz CT molecular complexity index is 565. The van der Waals surface area contributed by atoms with Gasteiger partial charge in [0.1, 0.15) is 0 Å². The largest absolute Gasteiger partial charge is 0.395 e. The number of carbonyl (C=O) groups is 1. The topological polar surface area (TPSA) is 104 Å². The summed E-state index contributed by atoms with van der Waals surface area (Å²) in [5, 5.41) is 23.0. The number of carbonyl (C=O) groups excluding carboxylic acids is 1. The molecule has 2 aromatic heterocycles. The highest BCUT2D eigenvalue weighted by Gasteiger charge is 2.18. The number of aromatic nitrogens is 2. The fraction of sp³-hybridized carbons (Fsp3) is 0.385. The van der Waals surface area contributed by atoms with E-state index in [0.29, 0.717) is 5.69 Å². The molecule has 0 radical (unpaired) electrons. The Kier molecular flexibility index (Phi) is 4.75. The van der Waals surface area contributed by atoms with E-state index in [2.05, 4.69) is 15.5 Å². The lowest BCUT2D eigenvalue weighted by atomic mass is 10.2. The third-order valence-corrected chi connectivity index (χ3v) is 3.68. The molecule has 7 heteroatoms. The van der Waals surface area contributed by atoms with Crippen molar-refractivity contribution >= 4 is 22.9 Å². The van der Waals surface area contributed by atoms with Crippen molar-refractivity contribution < 1.29 is 9.90 Å². The van der Waals surface area contributed by atoms with E-state index < -0.39 is 6.10 Å². The number of nitrogens with one attached hydrogen (secondary N) is 2. The molecule has 0 saturated heterocycles. The molecule has 0 aromatic carbocycles. The molecule has 108 valence electrons. The molecule has 0 bridgehead atoms. The smallest absolute Gasteiger partial charge is 0.274 e. The number of nitrogens with two attached hydrogens (primary N) is 1. The Balaban J connectivity index is 1.95. The number of hydrogen-bond acceptors (Lipinski definition) is 5. The van der Waals surface area contributed by atoms with Crippen molar-refractivity contribution in [3.8, 4) is 0 Å². The number of aliphatic hydroxyl groups excluding tert-OH is 1. The minimum absolute atomic E-state index is 0.130. The van der Waals surface area contributed by atoms with Crippen LogP contribution >= 0.6 is 11.3 Å². The van der Waals surface area contributed by atoms with Gasteiger partial charge in [-0.1, -0.05) is 13.3 Å². The van der Waals surface area contributed by atoms with Crippen molar-refractivity contribution in [2.24, 2.45) is 0 Å². The van der Waals surface area contributed by atoms with Gasteiger partial charge in [-0.05, 0) is 28.8 Å². The number of thiophene rings is 1. The van der Waals surface area contributed by atoms with Crippen LogP contribution < -0.4 is 11.1 Å². The van der Waals surface area contributed by atoms with Crippen LogP contribution in [0.25, 0.3) is 0 Å². The highest BCUT2D eigenvalue weighted by atomic mass is 32.1. The Labute approximate surface area is 121 Å². The van der Waals surface area contributed by atoms with Crippen LogP contribution in [0.1, 0.15) is 41.2 Å². The number of nitrogen functional groups attached to an aromatic ring is 1. The number of rotatable bonds is 6. The third-order valence-electron chi connectivity index (χ3n) is 2.98. The lowest BCUT2D eigenvalue weighted by Crippen LogP contribution is -2.29. The Morgan fingerprint density at radius 3 is 3.10 bits per heavy atom. The van der Waals surface area contributed by atoms with Gasteiger partial charge in [-0.3, -0.25) is 9.89 Å². The van der Waals surface area contributed by atoms with Crippen molar-refractivity contribution in [3.63, 3.8) is 0 Å². The molecular weight excluding hydrogens is 276 g/mol. The molecular formula is C13H18N4O2S. The van der Waals surface area contributed by atoms with Crippen LogP contribution in [0, 0.1) is 0 Å². The average Bonchev–Trinajstić information content (AvgIpc) is 3.07. The van der Waals surface area contributed by atoms with E-state index in [4.69, 9.17) is 5.73 Å². The number of aryl methyl sites for hydroxylation is 1. The van der Waals surface area contributed by atoms with Gasteiger partial charge in [0.15, 0.2) is 5.69 Å². The molecule has 0 aliphatic heterocycles. The van der Waals surface area contributed by atoms with E-state index in [0.717, 1.165) is 24.1 Å². The molecule has 1 atom stereocenters. The van der Waals surface area contributed by atoms with Crippen molar-refractivity contribution in [1.82, 2.24) is 15.5 Å². The summed E-state index contributed by atoms with van der Waals surface area (Å²) in [6, 6.07) is 1.82. The van der Waals surface area contributed by atoms with E-state index in [1.807, 2.05) is 23.8 Å². The van der Waals surface area contributed by atoms with Crippen LogP contribution in [-0.4, -0.2) is 27.8 Å². The van der Waals surface area contributed by atoms with E-state index in [9.17, 15) is 9.90 Å². The fourth-order valence-electron chi connectivity index (χ4n) is 1.86. The predicted octanol–water partition coefficient (Wildman–Crippen LogP) is 1.47. The molecule has 0 aliphatic rings. The maximum Gasteiger partial charge on any atom is 0.274 e. The zero-order valence-corrected chi connectivity index (χ0v) is 12.0. The highest BCUT2D eigenvalue weighted by molar-refractivity contribution is 7.07. The number of nitrogens with zero attached hydrogens (tertiary/aromatic N) is 1. The van der Waals surface area contributed by atoms with E-state index >= 15 is 0 Å². The zero-order valence-electron chi connectivity index (χ0n) is 11.2. The summed E-state index contributed by atoms with van der Waals surface area (Å²) in [7, 11) is 0. The summed E-state index contributed by atoms with van der Waals surface area (Å²) in [6.45, 7) is 2.15. The summed E-state index contributed by atoms with van der Waals surface area (Å²) in [4.78, 5) is 12.0. The lowest BCUT2D eigenvalue weighted by Gasteiger charge is -2.09. The summed E-state index contributed by atoms with van der Waals surface area (Å²) >= 11 is 1.50. The Morgan fingerprint density at radius 1 is 1.65 bits per heavy atom. The summed E-state index contributed by atoms with van der Waals surface area (Å²) in [5.74, 6) is -0.379. The normalized spacial score (nSPS) is 12.3. The molecule has 0 aliphatic carbocycles. The summed E-state index contributed by atoms with van der Waals surface area (Å²) in [5.41, 5.74) is 8.01. The second-order valence-electron chi connectivity index (χ2n) is 4.50. The molecule has 0 saturated carbocycles. The second kappa shape index (κ2) is 6.53.